The first-order valence-corrected chi connectivity index (χ1v) is 5.67. The molecular formula is C14H14N2O2. The lowest BCUT2D eigenvalue weighted by Gasteiger charge is -2.11. The van der Waals surface area contributed by atoms with Gasteiger partial charge in [0.1, 0.15) is 11.8 Å². The number of hydrogen-bond donors (Lipinski definition) is 0. The Labute approximate surface area is 106 Å². The molecule has 0 radical (unpaired) electrons. The van der Waals surface area contributed by atoms with Crippen molar-refractivity contribution in [2.24, 2.45) is 5.92 Å². The zero-order valence-corrected chi connectivity index (χ0v) is 10.4. The predicted molar refractivity (Wildman–Crippen MR) is 66.1 cm³/mol. The van der Waals surface area contributed by atoms with E-state index in [4.69, 9.17) is 15.3 Å². The first-order chi connectivity index (χ1) is 8.67. The third-order valence-corrected chi connectivity index (χ3v) is 2.81. The summed E-state index contributed by atoms with van der Waals surface area (Å²) in [6.45, 7) is 1.87. The molecule has 0 saturated heterocycles. The molecule has 1 aromatic carbocycles. The van der Waals surface area contributed by atoms with Gasteiger partial charge in [-0.1, -0.05) is 6.92 Å². The lowest BCUT2D eigenvalue weighted by Crippen LogP contribution is -2.13. The van der Waals surface area contributed by atoms with Crippen LogP contribution in [0.15, 0.2) is 18.2 Å². The molecule has 0 fully saturated rings. The average Bonchev–Trinajstić information content (AvgIpc) is 2.43. The maximum atomic E-state index is 12.1. The van der Waals surface area contributed by atoms with Crippen LogP contribution in [0, 0.1) is 28.6 Å². The molecule has 92 valence electrons. The van der Waals surface area contributed by atoms with E-state index in [0.29, 0.717) is 23.3 Å². The molecule has 0 aliphatic carbocycles. The topological polar surface area (TPSA) is 73.9 Å². The summed E-state index contributed by atoms with van der Waals surface area (Å²) >= 11 is 0. The summed E-state index contributed by atoms with van der Waals surface area (Å²) in [6.07, 6.45) is 0.809. The summed E-state index contributed by atoms with van der Waals surface area (Å²) in [4.78, 5) is 12.1. The Morgan fingerprint density at radius 1 is 1.44 bits per heavy atom. The zero-order valence-electron chi connectivity index (χ0n) is 10.4. The molecule has 0 amide bonds. The third-order valence-electron chi connectivity index (χ3n) is 2.81. The number of hydrogen-bond acceptors (Lipinski definition) is 4. The Bertz CT molecular complexity index is 524. The van der Waals surface area contributed by atoms with Crippen LogP contribution in [0.1, 0.15) is 35.7 Å². The van der Waals surface area contributed by atoms with Gasteiger partial charge in [-0.2, -0.15) is 10.5 Å². The van der Waals surface area contributed by atoms with Crippen LogP contribution < -0.4 is 4.74 Å². The van der Waals surface area contributed by atoms with Gasteiger partial charge in [-0.15, -0.1) is 0 Å². The quantitative estimate of drug-likeness (QED) is 0.744. The van der Waals surface area contributed by atoms with Crippen LogP contribution in [0.4, 0.5) is 0 Å². The molecule has 0 saturated carbocycles. The lowest BCUT2D eigenvalue weighted by molar-refractivity contribution is 0.0918. The second-order valence-electron chi connectivity index (χ2n) is 3.86. The van der Waals surface area contributed by atoms with E-state index >= 15 is 0 Å². The normalized spacial score (nSPS) is 11.1. The van der Waals surface area contributed by atoms with Gasteiger partial charge in [0, 0.05) is 17.9 Å². The first kappa shape index (κ1) is 13.7. The molecule has 0 N–H and O–H groups in total. The fourth-order valence-electron chi connectivity index (χ4n) is 1.72. The second kappa shape index (κ2) is 6.42. The van der Waals surface area contributed by atoms with E-state index in [1.807, 2.05) is 19.1 Å². The van der Waals surface area contributed by atoms with Crippen LogP contribution in [0.5, 0.6) is 5.75 Å². The molecule has 1 rings (SSSR count). The fraction of sp³-hybridized carbons (Fsp3) is 0.357. The van der Waals surface area contributed by atoms with Crippen molar-refractivity contribution < 1.29 is 9.53 Å². The largest absolute Gasteiger partial charge is 0.495 e. The minimum Gasteiger partial charge on any atom is -0.495 e. The summed E-state index contributed by atoms with van der Waals surface area (Å²) < 4.78 is 5.02. The second-order valence-corrected chi connectivity index (χ2v) is 3.86. The van der Waals surface area contributed by atoms with Crippen molar-refractivity contribution in [3.63, 3.8) is 0 Å². The van der Waals surface area contributed by atoms with E-state index in [2.05, 4.69) is 0 Å². The molecule has 1 unspecified atom stereocenters. The van der Waals surface area contributed by atoms with Crippen molar-refractivity contribution in [2.45, 2.75) is 19.8 Å². The highest BCUT2D eigenvalue weighted by Crippen LogP contribution is 2.22. The zero-order chi connectivity index (χ0) is 13.5. The number of rotatable bonds is 5. The Hall–Kier alpha value is -2.33. The smallest absolute Gasteiger partial charge is 0.167 e. The highest BCUT2D eigenvalue weighted by atomic mass is 16.5. The Kier molecular flexibility index (Phi) is 4.90. The number of carbonyl (C=O) groups excluding carboxylic acids is 1. The van der Waals surface area contributed by atoms with E-state index in [1.165, 1.54) is 13.2 Å². The van der Waals surface area contributed by atoms with E-state index in [9.17, 15) is 4.79 Å². The van der Waals surface area contributed by atoms with Gasteiger partial charge in [-0.3, -0.25) is 4.79 Å². The van der Waals surface area contributed by atoms with Crippen LogP contribution in [-0.2, 0) is 0 Å². The van der Waals surface area contributed by atoms with Gasteiger partial charge < -0.3 is 4.74 Å². The number of ketones is 1. The number of Topliss-reactive ketones (excluding diaryl/α,β-unsaturated/α-hetero) is 1. The molecule has 1 aromatic rings. The Morgan fingerprint density at radius 3 is 2.67 bits per heavy atom. The number of ether oxygens (including phenoxy) is 1. The van der Waals surface area contributed by atoms with Crippen molar-refractivity contribution >= 4 is 5.78 Å². The van der Waals surface area contributed by atoms with Gasteiger partial charge in [0.2, 0.25) is 0 Å². The van der Waals surface area contributed by atoms with E-state index < -0.39 is 0 Å². The van der Waals surface area contributed by atoms with Gasteiger partial charge in [0.25, 0.3) is 0 Å². The highest BCUT2D eigenvalue weighted by molar-refractivity contribution is 5.98. The van der Waals surface area contributed by atoms with E-state index in [1.54, 1.807) is 12.1 Å². The van der Waals surface area contributed by atoms with Crippen molar-refractivity contribution in [2.75, 3.05) is 7.11 Å². The van der Waals surface area contributed by atoms with Crippen LogP contribution in [-0.4, -0.2) is 12.9 Å². The third kappa shape index (κ3) is 2.87. The van der Waals surface area contributed by atoms with Crippen molar-refractivity contribution in [3.05, 3.63) is 29.3 Å². The lowest BCUT2D eigenvalue weighted by atomic mass is 9.92. The van der Waals surface area contributed by atoms with Gasteiger partial charge in [-0.05, 0) is 24.6 Å². The van der Waals surface area contributed by atoms with E-state index in [0.717, 1.165) is 0 Å². The predicted octanol–water partition coefficient (Wildman–Crippen LogP) is 2.69. The minimum atomic E-state index is -0.310. The van der Waals surface area contributed by atoms with Gasteiger partial charge in [-0.25, -0.2) is 0 Å². The summed E-state index contributed by atoms with van der Waals surface area (Å²) in [5.41, 5.74) is 0.782. The van der Waals surface area contributed by atoms with E-state index in [-0.39, 0.29) is 18.1 Å². The fourth-order valence-corrected chi connectivity index (χ4v) is 1.72. The van der Waals surface area contributed by atoms with Crippen LogP contribution in [0.25, 0.3) is 0 Å². The molecular weight excluding hydrogens is 228 g/mol. The number of carbonyl (C=O) groups is 1. The maximum absolute atomic E-state index is 12.1. The highest BCUT2D eigenvalue weighted by Gasteiger charge is 2.19. The van der Waals surface area contributed by atoms with Crippen molar-refractivity contribution in [1.82, 2.24) is 0 Å². The molecule has 4 nitrogen and oxygen atoms in total. The number of benzene rings is 1. The van der Waals surface area contributed by atoms with Gasteiger partial charge >= 0.3 is 0 Å². The maximum Gasteiger partial charge on any atom is 0.167 e. The van der Waals surface area contributed by atoms with Crippen LogP contribution in [0.3, 0.4) is 0 Å². The molecule has 0 spiro atoms. The molecule has 0 heterocycles. The minimum absolute atomic E-state index is 0.0989. The number of nitrogens with zero attached hydrogens (tertiary/aromatic N) is 2. The number of methoxy groups -OCH3 is 1. The molecule has 0 aromatic heterocycles. The summed E-state index contributed by atoms with van der Waals surface area (Å²) in [5, 5.41) is 17.6. The monoisotopic (exact) mass is 242 g/mol. The van der Waals surface area contributed by atoms with Gasteiger partial charge in [0.15, 0.2) is 5.78 Å². The molecule has 0 aliphatic heterocycles. The summed E-state index contributed by atoms with van der Waals surface area (Å²) in [6, 6.07) is 8.74. The molecule has 1 atom stereocenters. The standard InChI is InChI=1S/C14H14N2O2/c1-3-10(6-7-15)14(17)11-4-5-13(18-2)12(8-11)9-16/h4-5,8,10H,3,6H2,1-2H3. The Morgan fingerprint density at radius 2 is 2.17 bits per heavy atom. The number of nitriles is 2. The molecule has 18 heavy (non-hydrogen) atoms. The first-order valence-electron chi connectivity index (χ1n) is 5.67. The summed E-state index contributed by atoms with van der Waals surface area (Å²) in [5.74, 6) is 0.0375. The van der Waals surface area contributed by atoms with Crippen LogP contribution >= 0.6 is 0 Å². The average molecular weight is 242 g/mol. The SMILES string of the molecule is CCC(CC#N)C(=O)c1ccc(OC)c(C#N)c1. The summed E-state index contributed by atoms with van der Waals surface area (Å²) in [7, 11) is 1.47. The Balaban J connectivity index is 3.08. The molecule has 0 bridgehead atoms. The van der Waals surface area contributed by atoms with Crippen LogP contribution in [0.2, 0.25) is 0 Å². The van der Waals surface area contributed by atoms with Crippen molar-refractivity contribution in [1.29, 1.82) is 10.5 Å². The van der Waals surface area contributed by atoms with Gasteiger partial charge in [0.05, 0.1) is 18.7 Å². The molecule has 4 heteroatoms. The molecule has 0 aliphatic rings. The van der Waals surface area contributed by atoms with Crippen molar-refractivity contribution in [3.8, 4) is 17.9 Å².